The van der Waals surface area contributed by atoms with Gasteiger partial charge in [-0.3, -0.25) is 4.98 Å². The van der Waals surface area contributed by atoms with E-state index in [1.807, 2.05) is 0 Å². The van der Waals surface area contributed by atoms with Crippen LogP contribution in [0.25, 0.3) is 11.0 Å². The highest BCUT2D eigenvalue weighted by atomic mass is 19.1. The number of rotatable bonds is 5. The van der Waals surface area contributed by atoms with Crippen molar-refractivity contribution in [2.75, 3.05) is 31.2 Å². The second-order valence-electron chi connectivity index (χ2n) is 8.25. The predicted molar refractivity (Wildman–Crippen MR) is 115 cm³/mol. The summed E-state index contributed by atoms with van der Waals surface area (Å²) in [4.78, 5) is 19.2. The molecule has 162 valence electrons. The van der Waals surface area contributed by atoms with E-state index in [1.54, 1.807) is 12.4 Å². The van der Waals surface area contributed by atoms with Gasteiger partial charge in [-0.15, -0.1) is 0 Å². The number of hydrogen-bond donors (Lipinski definition) is 0. The zero-order valence-electron chi connectivity index (χ0n) is 17.4. The van der Waals surface area contributed by atoms with Crippen molar-refractivity contribution < 1.29 is 13.9 Å². The summed E-state index contributed by atoms with van der Waals surface area (Å²) < 4.78 is 25.8. The quantitative estimate of drug-likeness (QED) is 0.621. The van der Waals surface area contributed by atoms with Crippen molar-refractivity contribution in [3.05, 3.63) is 48.6 Å². The van der Waals surface area contributed by atoms with Crippen LogP contribution in [0.2, 0.25) is 0 Å². The Morgan fingerprint density at radius 1 is 1.03 bits per heavy atom. The van der Waals surface area contributed by atoms with Crippen LogP contribution < -0.4 is 9.64 Å². The summed E-state index contributed by atoms with van der Waals surface area (Å²) in [5.74, 6) is 0.892. The van der Waals surface area contributed by atoms with Gasteiger partial charge in [0.05, 0.1) is 36.7 Å². The Labute approximate surface area is 180 Å². The summed E-state index contributed by atoms with van der Waals surface area (Å²) in [5.41, 5.74) is 3.25. The number of morpholine rings is 1. The molecule has 0 bridgehead atoms. The Morgan fingerprint density at radius 3 is 2.65 bits per heavy atom. The van der Waals surface area contributed by atoms with Crippen LogP contribution in [-0.2, 0) is 11.2 Å². The highest BCUT2D eigenvalue weighted by Crippen LogP contribution is 2.34. The molecular weight excluding hydrogens is 397 g/mol. The molecule has 8 heteroatoms. The minimum atomic E-state index is -0.314. The fourth-order valence-electron chi connectivity index (χ4n) is 4.52. The van der Waals surface area contributed by atoms with Crippen molar-refractivity contribution in [3.63, 3.8) is 0 Å². The van der Waals surface area contributed by atoms with E-state index >= 15 is 0 Å². The van der Waals surface area contributed by atoms with Crippen LogP contribution in [0.3, 0.4) is 0 Å². The van der Waals surface area contributed by atoms with Crippen LogP contribution in [0.15, 0.2) is 37.1 Å². The first-order chi connectivity index (χ1) is 15.3. The molecule has 0 amide bonds. The van der Waals surface area contributed by atoms with Crippen molar-refractivity contribution in [1.29, 1.82) is 0 Å². The molecular formula is C23H26FN5O2. The maximum absolute atomic E-state index is 13.9. The number of aromatic nitrogens is 4. The number of halogens is 1. The van der Waals surface area contributed by atoms with E-state index in [0.717, 1.165) is 74.5 Å². The Bertz CT molecular complexity index is 1040. The van der Waals surface area contributed by atoms with Crippen molar-refractivity contribution >= 4 is 16.7 Å². The van der Waals surface area contributed by atoms with Gasteiger partial charge in [-0.2, -0.15) is 0 Å². The molecule has 0 unspecified atom stereocenters. The summed E-state index contributed by atoms with van der Waals surface area (Å²) >= 11 is 0. The van der Waals surface area contributed by atoms with E-state index in [4.69, 9.17) is 9.47 Å². The Hall–Kier alpha value is -2.87. The van der Waals surface area contributed by atoms with E-state index in [9.17, 15) is 4.39 Å². The third-order valence-corrected chi connectivity index (χ3v) is 6.21. The molecule has 1 aliphatic heterocycles. The molecule has 1 aromatic carbocycles. The summed E-state index contributed by atoms with van der Waals surface area (Å²) in [6.07, 6.45) is 10.7. The lowest BCUT2D eigenvalue weighted by Gasteiger charge is -2.31. The van der Waals surface area contributed by atoms with Gasteiger partial charge in [-0.05, 0) is 44.1 Å². The van der Waals surface area contributed by atoms with Crippen LogP contribution in [0.4, 0.5) is 10.1 Å². The van der Waals surface area contributed by atoms with Gasteiger partial charge in [0, 0.05) is 37.2 Å². The molecule has 1 saturated heterocycles. The number of anilines is 1. The van der Waals surface area contributed by atoms with Gasteiger partial charge in [0.2, 0.25) is 0 Å². The number of benzene rings is 1. The topological polar surface area (TPSA) is 73.3 Å². The fourth-order valence-corrected chi connectivity index (χ4v) is 4.52. The zero-order valence-corrected chi connectivity index (χ0v) is 17.4. The van der Waals surface area contributed by atoms with Crippen molar-refractivity contribution in [2.24, 2.45) is 5.92 Å². The predicted octanol–water partition coefficient (Wildman–Crippen LogP) is 3.58. The maximum atomic E-state index is 13.9. The minimum Gasteiger partial charge on any atom is -0.488 e. The average molecular weight is 423 g/mol. The van der Waals surface area contributed by atoms with Crippen LogP contribution in [0.5, 0.6) is 5.75 Å². The van der Waals surface area contributed by atoms with E-state index in [-0.39, 0.29) is 11.9 Å². The molecule has 3 heterocycles. The van der Waals surface area contributed by atoms with Gasteiger partial charge < -0.3 is 14.4 Å². The molecule has 3 aromatic rings. The lowest BCUT2D eigenvalue weighted by molar-refractivity contribution is 0.122. The van der Waals surface area contributed by atoms with Crippen LogP contribution in [0, 0.1) is 11.7 Å². The van der Waals surface area contributed by atoms with Gasteiger partial charge in [-0.1, -0.05) is 0 Å². The Balaban J connectivity index is 1.28. The first-order valence-electron chi connectivity index (χ1n) is 10.9. The Morgan fingerprint density at radius 2 is 1.84 bits per heavy atom. The third kappa shape index (κ3) is 4.58. The van der Waals surface area contributed by atoms with E-state index in [2.05, 4.69) is 37.0 Å². The minimum absolute atomic E-state index is 0.122. The lowest BCUT2D eigenvalue weighted by Crippen LogP contribution is -2.36. The van der Waals surface area contributed by atoms with Crippen LogP contribution in [0.1, 0.15) is 31.4 Å². The Kier molecular flexibility index (Phi) is 5.88. The molecule has 5 rings (SSSR count). The fraction of sp³-hybridized carbons (Fsp3) is 0.478. The molecule has 1 saturated carbocycles. The molecule has 0 radical (unpaired) electrons. The first kappa shape index (κ1) is 20.1. The van der Waals surface area contributed by atoms with Gasteiger partial charge in [0.15, 0.2) is 5.82 Å². The van der Waals surface area contributed by atoms with Crippen molar-refractivity contribution in [3.8, 4) is 5.75 Å². The van der Waals surface area contributed by atoms with Crippen LogP contribution in [-0.4, -0.2) is 52.3 Å². The molecule has 2 aliphatic rings. The molecule has 31 heavy (non-hydrogen) atoms. The summed E-state index contributed by atoms with van der Waals surface area (Å²) in [7, 11) is 0. The molecule has 2 aromatic heterocycles. The standard InChI is InChI=1S/C23H26FN5O2/c24-19-14-25-15-28-20(19)11-16-1-3-18(4-2-16)31-22-13-17(29-7-9-30-10-8-29)12-21-23(22)27-6-5-26-21/h5-6,12-16,18H,1-4,7-11H2. The third-order valence-electron chi connectivity index (χ3n) is 6.21. The highest BCUT2D eigenvalue weighted by molar-refractivity contribution is 5.85. The molecule has 0 atom stereocenters. The first-order valence-corrected chi connectivity index (χ1v) is 10.9. The lowest BCUT2D eigenvalue weighted by atomic mass is 9.84. The largest absolute Gasteiger partial charge is 0.488 e. The monoisotopic (exact) mass is 423 g/mol. The highest BCUT2D eigenvalue weighted by Gasteiger charge is 2.25. The van der Waals surface area contributed by atoms with Gasteiger partial charge in [-0.25, -0.2) is 19.3 Å². The summed E-state index contributed by atoms with van der Waals surface area (Å²) in [6.45, 7) is 3.17. The molecule has 2 fully saturated rings. The summed E-state index contributed by atoms with van der Waals surface area (Å²) in [6, 6.07) is 4.17. The zero-order chi connectivity index (χ0) is 21.0. The second-order valence-corrected chi connectivity index (χ2v) is 8.25. The van der Waals surface area contributed by atoms with Crippen LogP contribution >= 0.6 is 0 Å². The van der Waals surface area contributed by atoms with Crippen molar-refractivity contribution in [2.45, 2.75) is 38.2 Å². The van der Waals surface area contributed by atoms with E-state index < -0.39 is 0 Å². The van der Waals surface area contributed by atoms with E-state index in [1.165, 1.54) is 12.5 Å². The molecule has 7 nitrogen and oxygen atoms in total. The second kappa shape index (κ2) is 9.09. The maximum Gasteiger partial charge on any atom is 0.162 e. The normalized spacial score (nSPS) is 21.9. The summed E-state index contributed by atoms with van der Waals surface area (Å²) in [5, 5.41) is 0. The van der Waals surface area contributed by atoms with Gasteiger partial charge >= 0.3 is 0 Å². The average Bonchev–Trinajstić information content (AvgIpc) is 2.82. The smallest absolute Gasteiger partial charge is 0.162 e. The van der Waals surface area contributed by atoms with Gasteiger partial charge in [0.1, 0.15) is 17.6 Å². The SMILES string of the molecule is Fc1cncnc1CC1CCC(Oc2cc(N3CCOCC3)cc3nccnc23)CC1. The molecule has 0 N–H and O–H groups in total. The van der Waals surface area contributed by atoms with Gasteiger partial charge in [0.25, 0.3) is 0 Å². The van der Waals surface area contributed by atoms with Crippen molar-refractivity contribution in [1.82, 2.24) is 19.9 Å². The number of fused-ring (bicyclic) bond motifs is 1. The number of nitrogens with zero attached hydrogens (tertiary/aromatic N) is 5. The van der Waals surface area contributed by atoms with E-state index in [0.29, 0.717) is 18.0 Å². The number of hydrogen-bond acceptors (Lipinski definition) is 7. The number of ether oxygens (including phenoxy) is 2. The molecule has 1 aliphatic carbocycles. The molecule has 0 spiro atoms.